The van der Waals surface area contributed by atoms with Gasteiger partial charge in [0.25, 0.3) is 0 Å². The van der Waals surface area contributed by atoms with Crippen LogP contribution in [-0.2, 0) is 0 Å². The fourth-order valence-electron chi connectivity index (χ4n) is 2.69. The van der Waals surface area contributed by atoms with Crippen molar-refractivity contribution in [2.45, 2.75) is 13.8 Å². The molecule has 122 valence electrons. The Labute approximate surface area is 145 Å². The molecule has 5 nitrogen and oxygen atoms in total. The highest BCUT2D eigenvalue weighted by atomic mass is 15.0. The molecular weight excluding hydrogens is 310 g/mol. The van der Waals surface area contributed by atoms with E-state index < -0.39 is 0 Å². The molecule has 0 radical (unpaired) electrons. The highest BCUT2D eigenvalue weighted by Gasteiger charge is 2.11. The van der Waals surface area contributed by atoms with E-state index in [9.17, 15) is 0 Å². The molecule has 0 aliphatic heterocycles. The molecule has 0 saturated carbocycles. The molecule has 4 rings (SSSR count). The molecular formula is C20H17N5. The van der Waals surface area contributed by atoms with E-state index in [0.717, 1.165) is 39.4 Å². The lowest BCUT2D eigenvalue weighted by Gasteiger charge is -2.11. The zero-order valence-electron chi connectivity index (χ0n) is 14.1. The molecule has 0 fully saturated rings. The molecule has 0 unspecified atom stereocenters. The molecule has 0 aliphatic carbocycles. The summed E-state index contributed by atoms with van der Waals surface area (Å²) in [5.74, 6) is 1.37. The quantitative estimate of drug-likeness (QED) is 0.602. The van der Waals surface area contributed by atoms with Crippen LogP contribution in [0.4, 0.5) is 11.5 Å². The van der Waals surface area contributed by atoms with Crippen LogP contribution < -0.4 is 5.32 Å². The minimum atomic E-state index is 0.608. The van der Waals surface area contributed by atoms with Gasteiger partial charge in [-0.2, -0.15) is 0 Å². The van der Waals surface area contributed by atoms with Gasteiger partial charge in [0.1, 0.15) is 11.5 Å². The number of nitrogens with zero attached hydrogens (tertiary/aromatic N) is 4. The summed E-state index contributed by atoms with van der Waals surface area (Å²) in [6, 6.07) is 15.8. The number of rotatable bonds is 3. The van der Waals surface area contributed by atoms with Crippen molar-refractivity contribution < 1.29 is 0 Å². The molecule has 3 aromatic heterocycles. The SMILES string of the molecule is Cc1ccc2nc(-c3cccc(C)n3)nc(Nc3ccncc3)c2c1. The van der Waals surface area contributed by atoms with E-state index in [1.807, 2.05) is 43.3 Å². The van der Waals surface area contributed by atoms with Gasteiger partial charge in [0.2, 0.25) is 0 Å². The van der Waals surface area contributed by atoms with Crippen molar-refractivity contribution in [2.75, 3.05) is 5.32 Å². The van der Waals surface area contributed by atoms with Gasteiger partial charge in [-0.05, 0) is 50.2 Å². The highest BCUT2D eigenvalue weighted by molar-refractivity contribution is 5.92. The fraction of sp³-hybridized carbons (Fsp3) is 0.100. The summed E-state index contributed by atoms with van der Waals surface area (Å²) >= 11 is 0. The van der Waals surface area contributed by atoms with Crippen molar-refractivity contribution >= 4 is 22.4 Å². The number of fused-ring (bicyclic) bond motifs is 1. The molecule has 1 aromatic carbocycles. The topological polar surface area (TPSA) is 63.6 Å². The van der Waals surface area contributed by atoms with Crippen LogP contribution >= 0.6 is 0 Å². The first-order chi connectivity index (χ1) is 12.2. The average Bonchev–Trinajstić information content (AvgIpc) is 2.63. The first-order valence-corrected chi connectivity index (χ1v) is 8.08. The average molecular weight is 327 g/mol. The Bertz CT molecular complexity index is 1040. The smallest absolute Gasteiger partial charge is 0.180 e. The van der Waals surface area contributed by atoms with Crippen molar-refractivity contribution in [3.63, 3.8) is 0 Å². The van der Waals surface area contributed by atoms with Gasteiger partial charge in [-0.15, -0.1) is 0 Å². The third-order valence-electron chi connectivity index (χ3n) is 3.91. The standard InChI is InChI=1S/C20H17N5/c1-13-6-7-17-16(12-13)19(23-15-8-10-21-11-9-15)25-20(24-17)18-5-3-4-14(2)22-18/h3-12H,1-2H3,(H,21,23,24,25). The molecule has 5 heteroatoms. The Morgan fingerprint density at radius 3 is 2.48 bits per heavy atom. The predicted octanol–water partition coefficient (Wildman–Crippen LogP) is 4.45. The summed E-state index contributed by atoms with van der Waals surface area (Å²) in [5, 5.41) is 4.36. The molecule has 0 atom stereocenters. The Morgan fingerprint density at radius 2 is 1.68 bits per heavy atom. The normalized spacial score (nSPS) is 10.8. The molecule has 1 N–H and O–H groups in total. The Kier molecular flexibility index (Phi) is 3.82. The largest absolute Gasteiger partial charge is 0.340 e. The van der Waals surface area contributed by atoms with Crippen molar-refractivity contribution in [2.24, 2.45) is 0 Å². The number of pyridine rings is 2. The van der Waals surface area contributed by atoms with Gasteiger partial charge in [0, 0.05) is 29.2 Å². The van der Waals surface area contributed by atoms with E-state index in [1.165, 1.54) is 0 Å². The van der Waals surface area contributed by atoms with Gasteiger partial charge < -0.3 is 5.32 Å². The summed E-state index contributed by atoms with van der Waals surface area (Å²) in [6.07, 6.45) is 3.50. The summed E-state index contributed by atoms with van der Waals surface area (Å²) in [6.45, 7) is 4.02. The summed E-state index contributed by atoms with van der Waals surface area (Å²) in [5.41, 5.74) is 4.68. The second kappa shape index (κ2) is 6.28. The third-order valence-corrected chi connectivity index (χ3v) is 3.91. The minimum Gasteiger partial charge on any atom is -0.340 e. The first-order valence-electron chi connectivity index (χ1n) is 8.08. The lowest BCUT2D eigenvalue weighted by atomic mass is 10.1. The maximum atomic E-state index is 4.74. The maximum Gasteiger partial charge on any atom is 0.180 e. The van der Waals surface area contributed by atoms with Gasteiger partial charge >= 0.3 is 0 Å². The molecule has 0 aliphatic rings. The third kappa shape index (κ3) is 3.17. The molecule has 0 amide bonds. The highest BCUT2D eigenvalue weighted by Crippen LogP contribution is 2.27. The first kappa shape index (κ1) is 15.2. The zero-order chi connectivity index (χ0) is 17.2. The summed E-state index contributed by atoms with van der Waals surface area (Å²) in [7, 11) is 0. The predicted molar refractivity (Wildman–Crippen MR) is 99.8 cm³/mol. The van der Waals surface area contributed by atoms with E-state index in [1.54, 1.807) is 12.4 Å². The molecule has 0 saturated heterocycles. The van der Waals surface area contributed by atoms with Crippen LogP contribution in [0.5, 0.6) is 0 Å². The van der Waals surface area contributed by atoms with Crippen molar-refractivity contribution in [1.29, 1.82) is 0 Å². The van der Waals surface area contributed by atoms with Crippen LogP contribution in [-0.4, -0.2) is 19.9 Å². The number of anilines is 2. The van der Waals surface area contributed by atoms with Crippen molar-refractivity contribution in [3.8, 4) is 11.5 Å². The van der Waals surface area contributed by atoms with E-state index in [0.29, 0.717) is 5.82 Å². The van der Waals surface area contributed by atoms with E-state index in [-0.39, 0.29) is 0 Å². The van der Waals surface area contributed by atoms with Gasteiger partial charge in [0.05, 0.1) is 5.52 Å². The van der Waals surface area contributed by atoms with Crippen molar-refractivity contribution in [3.05, 3.63) is 72.2 Å². The second-order valence-electron chi connectivity index (χ2n) is 5.94. The second-order valence-corrected chi connectivity index (χ2v) is 5.94. The molecule has 3 heterocycles. The zero-order valence-corrected chi connectivity index (χ0v) is 14.1. The van der Waals surface area contributed by atoms with Crippen LogP contribution in [0.2, 0.25) is 0 Å². The molecule has 25 heavy (non-hydrogen) atoms. The van der Waals surface area contributed by atoms with Crippen molar-refractivity contribution in [1.82, 2.24) is 19.9 Å². The fourth-order valence-corrected chi connectivity index (χ4v) is 2.69. The van der Waals surface area contributed by atoms with Gasteiger partial charge in [-0.3, -0.25) is 4.98 Å². The van der Waals surface area contributed by atoms with Crippen LogP contribution in [0, 0.1) is 13.8 Å². The Hall–Kier alpha value is -3.34. The maximum absolute atomic E-state index is 4.74. The van der Waals surface area contributed by atoms with Crippen LogP contribution in [0.1, 0.15) is 11.3 Å². The minimum absolute atomic E-state index is 0.608. The Morgan fingerprint density at radius 1 is 0.840 bits per heavy atom. The lowest BCUT2D eigenvalue weighted by molar-refractivity contribution is 1.14. The number of hydrogen-bond donors (Lipinski definition) is 1. The van der Waals surface area contributed by atoms with Crippen LogP contribution in [0.3, 0.4) is 0 Å². The van der Waals surface area contributed by atoms with Crippen LogP contribution in [0.15, 0.2) is 60.9 Å². The van der Waals surface area contributed by atoms with Gasteiger partial charge in [-0.25, -0.2) is 15.0 Å². The summed E-state index contributed by atoms with van der Waals surface area (Å²) in [4.78, 5) is 18.1. The number of benzene rings is 1. The van der Waals surface area contributed by atoms with E-state index in [4.69, 9.17) is 9.97 Å². The molecule has 0 bridgehead atoms. The summed E-state index contributed by atoms with van der Waals surface area (Å²) < 4.78 is 0. The molecule has 0 spiro atoms. The van der Waals surface area contributed by atoms with E-state index >= 15 is 0 Å². The van der Waals surface area contributed by atoms with E-state index in [2.05, 4.69) is 34.3 Å². The number of nitrogens with one attached hydrogen (secondary N) is 1. The van der Waals surface area contributed by atoms with Gasteiger partial charge in [0.15, 0.2) is 5.82 Å². The number of hydrogen-bond acceptors (Lipinski definition) is 5. The van der Waals surface area contributed by atoms with Crippen LogP contribution in [0.25, 0.3) is 22.4 Å². The Balaban J connectivity index is 1.90. The monoisotopic (exact) mass is 327 g/mol. The molecule has 4 aromatic rings. The van der Waals surface area contributed by atoms with Gasteiger partial charge in [-0.1, -0.05) is 17.7 Å². The number of aromatic nitrogens is 4. The lowest BCUT2D eigenvalue weighted by Crippen LogP contribution is -2.01. The number of aryl methyl sites for hydroxylation is 2.